The molecule has 2 bridgehead atoms. The summed E-state index contributed by atoms with van der Waals surface area (Å²) in [5, 5.41) is 2.03. The fourth-order valence-electron chi connectivity index (χ4n) is 2.98. The fourth-order valence-corrected chi connectivity index (χ4v) is 2.98. The average molecular weight is 183 g/mol. The SMILES string of the molecule is COC(=O)[C@@H]1C2CC[C@@H]3C[C@@H]1ON23. The summed E-state index contributed by atoms with van der Waals surface area (Å²) < 4.78 is 4.79. The van der Waals surface area contributed by atoms with E-state index in [9.17, 15) is 4.79 Å². The maximum absolute atomic E-state index is 11.5. The zero-order valence-corrected chi connectivity index (χ0v) is 7.60. The topological polar surface area (TPSA) is 38.8 Å². The van der Waals surface area contributed by atoms with Crippen LogP contribution in [0, 0.1) is 5.92 Å². The maximum Gasteiger partial charge on any atom is 0.313 e. The molecule has 0 N–H and O–H groups in total. The average Bonchev–Trinajstić information content (AvgIpc) is 2.71. The number of hydroxylamine groups is 2. The second-order valence-corrected chi connectivity index (χ2v) is 4.09. The first kappa shape index (κ1) is 7.76. The molecule has 1 unspecified atom stereocenters. The Bertz CT molecular complexity index is 253. The van der Waals surface area contributed by atoms with Crippen LogP contribution >= 0.6 is 0 Å². The van der Waals surface area contributed by atoms with Crippen molar-refractivity contribution < 1.29 is 14.4 Å². The predicted molar refractivity (Wildman–Crippen MR) is 43.6 cm³/mol. The molecule has 3 saturated heterocycles. The molecule has 72 valence electrons. The number of hydrogen-bond donors (Lipinski definition) is 0. The van der Waals surface area contributed by atoms with Crippen LogP contribution in [0.1, 0.15) is 19.3 Å². The third kappa shape index (κ3) is 0.849. The molecule has 0 spiro atoms. The summed E-state index contributed by atoms with van der Waals surface area (Å²) >= 11 is 0. The molecule has 0 amide bonds. The van der Waals surface area contributed by atoms with Gasteiger partial charge < -0.3 is 4.74 Å². The van der Waals surface area contributed by atoms with E-state index in [1.54, 1.807) is 0 Å². The van der Waals surface area contributed by atoms with Crippen molar-refractivity contribution >= 4 is 5.97 Å². The minimum Gasteiger partial charge on any atom is -0.469 e. The Labute approximate surface area is 76.7 Å². The summed E-state index contributed by atoms with van der Waals surface area (Å²) in [5.74, 6) is -0.124. The summed E-state index contributed by atoms with van der Waals surface area (Å²) in [6, 6.07) is 0.882. The van der Waals surface area contributed by atoms with Crippen molar-refractivity contribution in [1.29, 1.82) is 0 Å². The highest BCUT2D eigenvalue weighted by atomic mass is 16.7. The number of hydrogen-bond acceptors (Lipinski definition) is 4. The zero-order valence-electron chi connectivity index (χ0n) is 7.60. The standard InChI is InChI=1S/C9H13NO3/c1-12-9(11)8-6-3-2-5-4-7(8)13-10(5)6/h5-8H,2-4H2,1H3/t5-,6?,7+,8-/m1/s1. The summed E-state index contributed by atoms with van der Waals surface area (Å²) in [6.07, 6.45) is 3.37. The van der Waals surface area contributed by atoms with E-state index in [1.807, 2.05) is 5.06 Å². The van der Waals surface area contributed by atoms with Gasteiger partial charge in [-0.1, -0.05) is 0 Å². The van der Waals surface area contributed by atoms with E-state index in [0.717, 1.165) is 12.8 Å². The van der Waals surface area contributed by atoms with Crippen molar-refractivity contribution in [2.24, 2.45) is 5.92 Å². The quantitative estimate of drug-likeness (QED) is 0.549. The third-order valence-corrected chi connectivity index (χ3v) is 3.53. The van der Waals surface area contributed by atoms with Crippen molar-refractivity contribution in [2.45, 2.75) is 37.5 Å². The lowest BCUT2D eigenvalue weighted by Crippen LogP contribution is -2.40. The highest BCUT2D eigenvalue weighted by Crippen LogP contribution is 2.48. The van der Waals surface area contributed by atoms with Gasteiger partial charge in [0.2, 0.25) is 0 Å². The smallest absolute Gasteiger partial charge is 0.313 e. The monoisotopic (exact) mass is 183 g/mol. The summed E-state index contributed by atoms with van der Waals surface area (Å²) in [7, 11) is 1.45. The molecule has 3 fully saturated rings. The van der Waals surface area contributed by atoms with Crippen molar-refractivity contribution in [2.75, 3.05) is 7.11 Å². The van der Waals surface area contributed by atoms with Crippen LogP contribution < -0.4 is 0 Å². The Morgan fingerprint density at radius 3 is 3.15 bits per heavy atom. The second kappa shape index (κ2) is 2.45. The minimum atomic E-state index is -0.0992. The number of carbonyl (C=O) groups is 1. The van der Waals surface area contributed by atoms with Crippen LogP contribution in [0.4, 0.5) is 0 Å². The summed E-state index contributed by atoms with van der Waals surface area (Å²) in [4.78, 5) is 17.1. The first-order chi connectivity index (χ1) is 6.31. The fraction of sp³-hybridized carbons (Fsp3) is 0.889. The van der Waals surface area contributed by atoms with Gasteiger partial charge in [0.1, 0.15) is 5.92 Å². The molecule has 3 rings (SSSR count). The highest BCUT2D eigenvalue weighted by molar-refractivity contribution is 5.74. The van der Waals surface area contributed by atoms with Crippen LogP contribution in [-0.4, -0.2) is 36.3 Å². The number of rotatable bonds is 1. The van der Waals surface area contributed by atoms with Gasteiger partial charge in [-0.3, -0.25) is 9.63 Å². The van der Waals surface area contributed by atoms with Crippen LogP contribution in [0.2, 0.25) is 0 Å². The molecule has 3 aliphatic rings. The summed E-state index contributed by atoms with van der Waals surface area (Å²) in [5.41, 5.74) is 0. The number of piperidine rings is 1. The minimum absolute atomic E-state index is 0.0243. The van der Waals surface area contributed by atoms with Gasteiger partial charge in [-0.15, -0.1) is 0 Å². The van der Waals surface area contributed by atoms with Crippen LogP contribution in [0.25, 0.3) is 0 Å². The number of ether oxygens (including phenoxy) is 1. The van der Waals surface area contributed by atoms with E-state index in [1.165, 1.54) is 13.5 Å². The molecule has 4 atom stereocenters. The van der Waals surface area contributed by atoms with Crippen molar-refractivity contribution in [1.82, 2.24) is 5.06 Å². The third-order valence-electron chi connectivity index (χ3n) is 3.53. The van der Waals surface area contributed by atoms with Crippen LogP contribution in [0.5, 0.6) is 0 Å². The van der Waals surface area contributed by atoms with E-state index in [0.29, 0.717) is 12.1 Å². The lowest BCUT2D eigenvalue weighted by molar-refractivity contribution is -0.147. The first-order valence-electron chi connectivity index (χ1n) is 4.84. The number of fused-ring (bicyclic) bond motifs is 1. The molecule has 0 aliphatic carbocycles. The van der Waals surface area contributed by atoms with Crippen molar-refractivity contribution in [3.8, 4) is 0 Å². The van der Waals surface area contributed by atoms with Gasteiger partial charge in [0, 0.05) is 6.04 Å². The molecule has 0 radical (unpaired) electrons. The van der Waals surface area contributed by atoms with E-state index >= 15 is 0 Å². The van der Waals surface area contributed by atoms with Gasteiger partial charge in [0.05, 0.1) is 19.3 Å². The normalized spacial score (nSPS) is 47.2. The van der Waals surface area contributed by atoms with Gasteiger partial charge in [-0.05, 0) is 19.3 Å². The predicted octanol–water partition coefficient (Wildman–Crippen LogP) is 0.326. The molecular formula is C9H13NO3. The summed E-state index contributed by atoms with van der Waals surface area (Å²) in [6.45, 7) is 0. The lowest BCUT2D eigenvalue weighted by atomic mass is 9.91. The van der Waals surface area contributed by atoms with Crippen LogP contribution in [-0.2, 0) is 14.4 Å². The van der Waals surface area contributed by atoms with E-state index in [4.69, 9.17) is 9.57 Å². The Kier molecular flexibility index (Phi) is 1.46. The molecule has 0 aromatic rings. The molecular weight excluding hydrogens is 170 g/mol. The molecule has 0 aromatic heterocycles. The number of methoxy groups -OCH3 is 1. The molecule has 13 heavy (non-hydrogen) atoms. The lowest BCUT2D eigenvalue weighted by Gasteiger charge is -2.23. The largest absolute Gasteiger partial charge is 0.469 e. The second-order valence-electron chi connectivity index (χ2n) is 4.09. The van der Waals surface area contributed by atoms with E-state index in [2.05, 4.69) is 0 Å². The number of carbonyl (C=O) groups excluding carboxylic acids is 1. The van der Waals surface area contributed by atoms with Gasteiger partial charge >= 0.3 is 5.97 Å². The van der Waals surface area contributed by atoms with Crippen LogP contribution in [0.15, 0.2) is 0 Å². The van der Waals surface area contributed by atoms with Gasteiger partial charge in [-0.2, -0.15) is 5.06 Å². The Morgan fingerprint density at radius 1 is 1.54 bits per heavy atom. The zero-order chi connectivity index (χ0) is 9.00. The van der Waals surface area contributed by atoms with Gasteiger partial charge in [0.25, 0.3) is 0 Å². The molecule has 0 aromatic carbocycles. The molecule has 4 nitrogen and oxygen atoms in total. The van der Waals surface area contributed by atoms with Gasteiger partial charge in [-0.25, -0.2) is 0 Å². The molecule has 3 aliphatic heterocycles. The van der Waals surface area contributed by atoms with Gasteiger partial charge in [0.15, 0.2) is 0 Å². The number of nitrogens with zero attached hydrogens (tertiary/aromatic N) is 1. The molecule has 4 heteroatoms. The Morgan fingerprint density at radius 2 is 2.38 bits per heavy atom. The first-order valence-corrected chi connectivity index (χ1v) is 4.84. The molecule has 3 heterocycles. The Hall–Kier alpha value is -0.610. The maximum atomic E-state index is 11.5. The number of esters is 1. The van der Waals surface area contributed by atoms with Crippen molar-refractivity contribution in [3.05, 3.63) is 0 Å². The van der Waals surface area contributed by atoms with E-state index in [-0.39, 0.29) is 18.0 Å². The Balaban J connectivity index is 1.88. The highest BCUT2D eigenvalue weighted by Gasteiger charge is 2.59. The van der Waals surface area contributed by atoms with E-state index < -0.39 is 0 Å². The van der Waals surface area contributed by atoms with Crippen LogP contribution in [0.3, 0.4) is 0 Å². The molecule has 0 saturated carbocycles. The van der Waals surface area contributed by atoms with Crippen molar-refractivity contribution in [3.63, 3.8) is 0 Å².